The molecule has 1 saturated heterocycles. The molecule has 1 aromatic carbocycles. The number of rotatable bonds is 2. The van der Waals surface area contributed by atoms with E-state index in [2.05, 4.69) is 30.9 Å². The molecule has 0 bridgehead atoms. The average molecular weight is 248 g/mol. The highest BCUT2D eigenvalue weighted by molar-refractivity contribution is 5.79. The Morgan fingerprint density at radius 1 is 1.28 bits per heavy atom. The van der Waals surface area contributed by atoms with Crippen molar-refractivity contribution in [3.8, 4) is 0 Å². The number of benzene rings is 1. The quantitative estimate of drug-likeness (QED) is 0.861. The van der Waals surface area contributed by atoms with E-state index in [0.29, 0.717) is 6.54 Å². The molecule has 1 aliphatic rings. The molecule has 98 valence electrons. The molecule has 1 aliphatic heterocycles. The highest BCUT2D eigenvalue weighted by atomic mass is 16.4. The van der Waals surface area contributed by atoms with Gasteiger partial charge in [0.15, 0.2) is 0 Å². The molecule has 0 saturated carbocycles. The molecule has 1 N–H and O–H groups in total. The zero-order valence-electron chi connectivity index (χ0n) is 11.2. The summed E-state index contributed by atoms with van der Waals surface area (Å²) in [5.41, 5.74) is 3.45. The van der Waals surface area contributed by atoms with Crippen molar-refractivity contribution < 1.29 is 9.90 Å². The highest BCUT2D eigenvalue weighted by Gasteiger charge is 2.31. The van der Waals surface area contributed by atoms with Crippen LogP contribution in [0.2, 0.25) is 0 Å². The number of aryl methyl sites for hydroxylation is 2. The van der Waals surface area contributed by atoms with Gasteiger partial charge in [0.25, 0.3) is 0 Å². The average Bonchev–Trinajstić information content (AvgIpc) is 2.32. The summed E-state index contributed by atoms with van der Waals surface area (Å²) in [5.74, 6) is -0.750. The van der Waals surface area contributed by atoms with Crippen LogP contribution in [-0.4, -0.2) is 48.7 Å². The van der Waals surface area contributed by atoms with Crippen LogP contribution in [0.4, 0.5) is 5.69 Å². The number of likely N-dealkylation sites (N-methyl/N-ethyl adjacent to an activating group) is 1. The summed E-state index contributed by atoms with van der Waals surface area (Å²) in [5, 5.41) is 9.34. The predicted octanol–water partition coefficient (Wildman–Crippen LogP) is 1.51. The largest absolute Gasteiger partial charge is 0.480 e. The van der Waals surface area contributed by atoms with Crippen molar-refractivity contribution in [3.05, 3.63) is 29.3 Å². The molecule has 4 heteroatoms. The fourth-order valence-electron chi connectivity index (χ4n) is 2.34. The molecule has 1 fully saturated rings. The number of anilines is 1. The molecule has 0 spiro atoms. The van der Waals surface area contributed by atoms with E-state index in [-0.39, 0.29) is 0 Å². The summed E-state index contributed by atoms with van der Waals surface area (Å²) < 4.78 is 0. The number of carbonyl (C=O) groups is 1. The summed E-state index contributed by atoms with van der Waals surface area (Å²) in [6.07, 6.45) is 0. The van der Waals surface area contributed by atoms with Gasteiger partial charge >= 0.3 is 5.97 Å². The smallest absolute Gasteiger partial charge is 0.327 e. The summed E-state index contributed by atoms with van der Waals surface area (Å²) in [6.45, 7) is 6.36. The summed E-state index contributed by atoms with van der Waals surface area (Å²) in [4.78, 5) is 15.4. The number of carboxylic acid groups (broad SMARTS) is 1. The maximum Gasteiger partial charge on any atom is 0.327 e. The number of piperazine rings is 1. The third-order valence-corrected chi connectivity index (χ3v) is 3.69. The standard InChI is InChI=1S/C14H20N2O2/c1-10-4-5-12(8-11(10)2)16-7-6-15(3)9-13(16)14(17)18/h4-5,8,13H,6-7,9H2,1-3H3,(H,17,18). The normalized spacial score (nSPS) is 21.1. The summed E-state index contributed by atoms with van der Waals surface area (Å²) >= 11 is 0. The topological polar surface area (TPSA) is 43.8 Å². The zero-order valence-corrected chi connectivity index (χ0v) is 11.2. The van der Waals surface area contributed by atoms with E-state index in [1.54, 1.807) is 0 Å². The predicted molar refractivity (Wildman–Crippen MR) is 72.2 cm³/mol. The lowest BCUT2D eigenvalue weighted by molar-refractivity contribution is -0.139. The second-order valence-corrected chi connectivity index (χ2v) is 5.08. The first-order valence-corrected chi connectivity index (χ1v) is 6.24. The minimum atomic E-state index is -0.750. The highest BCUT2D eigenvalue weighted by Crippen LogP contribution is 2.23. The van der Waals surface area contributed by atoms with Gasteiger partial charge in [0.1, 0.15) is 6.04 Å². The Labute approximate surface area is 108 Å². The van der Waals surface area contributed by atoms with E-state index in [4.69, 9.17) is 0 Å². The molecular weight excluding hydrogens is 228 g/mol. The summed E-state index contributed by atoms with van der Waals surface area (Å²) in [6, 6.07) is 5.70. The van der Waals surface area contributed by atoms with Crippen LogP contribution in [-0.2, 0) is 4.79 Å². The molecule has 1 heterocycles. The Balaban J connectivity index is 2.29. The van der Waals surface area contributed by atoms with Gasteiger partial charge in [-0.05, 0) is 44.2 Å². The van der Waals surface area contributed by atoms with Crippen molar-refractivity contribution in [2.24, 2.45) is 0 Å². The van der Waals surface area contributed by atoms with Crippen LogP contribution in [0.3, 0.4) is 0 Å². The third kappa shape index (κ3) is 2.48. The van der Waals surface area contributed by atoms with E-state index in [1.807, 2.05) is 18.0 Å². The number of hydrogen-bond acceptors (Lipinski definition) is 3. The first kappa shape index (κ1) is 12.9. The fraction of sp³-hybridized carbons (Fsp3) is 0.500. The van der Waals surface area contributed by atoms with Gasteiger partial charge in [0.2, 0.25) is 0 Å². The van der Waals surface area contributed by atoms with Gasteiger partial charge in [-0.1, -0.05) is 6.07 Å². The van der Waals surface area contributed by atoms with Crippen LogP contribution in [0.1, 0.15) is 11.1 Å². The fourth-order valence-corrected chi connectivity index (χ4v) is 2.34. The number of aliphatic carboxylic acids is 1. The third-order valence-electron chi connectivity index (χ3n) is 3.69. The van der Waals surface area contributed by atoms with Gasteiger partial charge in [0.05, 0.1) is 0 Å². The van der Waals surface area contributed by atoms with Crippen molar-refractivity contribution in [2.45, 2.75) is 19.9 Å². The number of carboxylic acids is 1. The molecule has 0 amide bonds. The molecular formula is C14H20N2O2. The van der Waals surface area contributed by atoms with Crippen molar-refractivity contribution >= 4 is 11.7 Å². The molecule has 18 heavy (non-hydrogen) atoms. The van der Waals surface area contributed by atoms with Crippen molar-refractivity contribution in [1.82, 2.24) is 4.90 Å². The van der Waals surface area contributed by atoms with Crippen LogP contribution in [0.25, 0.3) is 0 Å². The second-order valence-electron chi connectivity index (χ2n) is 5.08. The molecule has 4 nitrogen and oxygen atoms in total. The van der Waals surface area contributed by atoms with Crippen LogP contribution >= 0.6 is 0 Å². The van der Waals surface area contributed by atoms with Crippen molar-refractivity contribution in [2.75, 3.05) is 31.6 Å². The van der Waals surface area contributed by atoms with E-state index in [0.717, 1.165) is 18.8 Å². The zero-order chi connectivity index (χ0) is 13.3. The van der Waals surface area contributed by atoms with Gasteiger partial charge in [0, 0.05) is 25.3 Å². The van der Waals surface area contributed by atoms with Gasteiger partial charge in [-0.3, -0.25) is 0 Å². The van der Waals surface area contributed by atoms with E-state index in [9.17, 15) is 9.90 Å². The Morgan fingerprint density at radius 2 is 2.00 bits per heavy atom. The van der Waals surface area contributed by atoms with Crippen molar-refractivity contribution in [1.29, 1.82) is 0 Å². The van der Waals surface area contributed by atoms with Crippen molar-refractivity contribution in [3.63, 3.8) is 0 Å². The first-order chi connectivity index (χ1) is 8.49. The van der Waals surface area contributed by atoms with Gasteiger partial charge in [-0.25, -0.2) is 4.79 Å². The second kappa shape index (κ2) is 4.98. The Bertz CT molecular complexity index is 459. The summed E-state index contributed by atoms with van der Waals surface area (Å²) in [7, 11) is 1.97. The molecule has 2 rings (SSSR count). The van der Waals surface area contributed by atoms with Crippen LogP contribution in [0.5, 0.6) is 0 Å². The maximum absolute atomic E-state index is 11.4. The minimum absolute atomic E-state index is 0.453. The molecule has 1 aromatic rings. The van der Waals surface area contributed by atoms with E-state index < -0.39 is 12.0 Å². The lowest BCUT2D eigenvalue weighted by Crippen LogP contribution is -2.55. The Hall–Kier alpha value is -1.55. The van der Waals surface area contributed by atoms with E-state index in [1.165, 1.54) is 11.1 Å². The Morgan fingerprint density at radius 3 is 2.61 bits per heavy atom. The molecule has 1 unspecified atom stereocenters. The Kier molecular flexibility index (Phi) is 3.57. The molecule has 1 atom stereocenters. The SMILES string of the molecule is Cc1ccc(N2CCN(C)CC2C(=O)O)cc1C. The first-order valence-electron chi connectivity index (χ1n) is 6.24. The lowest BCUT2D eigenvalue weighted by atomic mass is 10.1. The monoisotopic (exact) mass is 248 g/mol. The van der Waals surface area contributed by atoms with Gasteiger partial charge in [-0.2, -0.15) is 0 Å². The van der Waals surface area contributed by atoms with Crippen LogP contribution in [0.15, 0.2) is 18.2 Å². The molecule has 0 aliphatic carbocycles. The van der Waals surface area contributed by atoms with E-state index >= 15 is 0 Å². The van der Waals surface area contributed by atoms with Gasteiger partial charge < -0.3 is 14.9 Å². The lowest BCUT2D eigenvalue weighted by Gasteiger charge is -2.39. The van der Waals surface area contributed by atoms with Crippen LogP contribution < -0.4 is 4.90 Å². The number of hydrogen-bond donors (Lipinski definition) is 1. The van der Waals surface area contributed by atoms with Gasteiger partial charge in [-0.15, -0.1) is 0 Å². The van der Waals surface area contributed by atoms with Crippen LogP contribution in [0, 0.1) is 13.8 Å². The maximum atomic E-state index is 11.4. The molecule has 0 aromatic heterocycles. The number of nitrogens with zero attached hydrogens (tertiary/aromatic N) is 2. The minimum Gasteiger partial charge on any atom is -0.480 e. The molecule has 0 radical (unpaired) electrons.